The molecular weight excluding hydrogens is 624 g/mol. The fourth-order valence-electron chi connectivity index (χ4n) is 4.75. The lowest BCUT2D eigenvalue weighted by Crippen LogP contribution is -2.11. The average molecular weight is 669 g/mol. The van der Waals surface area contributed by atoms with Crippen molar-refractivity contribution >= 4 is 30.0 Å². The summed E-state index contributed by atoms with van der Waals surface area (Å²) in [5.74, 6) is -0.661. The lowest BCUT2D eigenvalue weighted by molar-refractivity contribution is -0.138. The van der Waals surface area contributed by atoms with E-state index in [1.54, 1.807) is 61.5 Å². The maximum Gasteiger partial charge on any atom is 0.343 e. The Labute approximate surface area is 288 Å². The average Bonchev–Trinajstić information content (AvgIpc) is 3.08. The Bertz CT molecular complexity index is 1640. The maximum absolute atomic E-state index is 13.0. The largest absolute Gasteiger partial charge is 0.494 e. The Morgan fingerprint density at radius 2 is 1.51 bits per heavy atom. The van der Waals surface area contributed by atoms with Crippen LogP contribution >= 0.6 is 0 Å². The summed E-state index contributed by atoms with van der Waals surface area (Å²) in [6.07, 6.45) is 10.3. The zero-order valence-corrected chi connectivity index (χ0v) is 28.3. The van der Waals surface area contributed by atoms with Crippen LogP contribution in [0.25, 0.3) is 6.08 Å². The normalized spacial score (nSPS) is 12.0. The monoisotopic (exact) mass is 668 g/mol. The first-order valence-corrected chi connectivity index (χ1v) is 16.3. The molecule has 2 aromatic carbocycles. The Balaban J connectivity index is 1.49. The highest BCUT2D eigenvalue weighted by molar-refractivity contribution is 5.92. The number of aryl methyl sites for hydroxylation is 1. The van der Waals surface area contributed by atoms with E-state index in [0.29, 0.717) is 66.3 Å². The van der Waals surface area contributed by atoms with Gasteiger partial charge in [0.05, 0.1) is 24.3 Å². The summed E-state index contributed by atoms with van der Waals surface area (Å²) in [5, 5.41) is 0. The first kappa shape index (κ1) is 38.0. The lowest BCUT2D eigenvalue weighted by Gasteiger charge is -2.17. The molecule has 0 radical (unpaired) electrons. The summed E-state index contributed by atoms with van der Waals surface area (Å²) in [6.45, 7) is 19.2. The van der Waals surface area contributed by atoms with E-state index >= 15 is 0 Å². The lowest BCUT2D eigenvalue weighted by atomic mass is 9.94. The highest BCUT2D eigenvalue weighted by atomic mass is 16.5. The molecule has 0 amide bonds. The summed E-state index contributed by atoms with van der Waals surface area (Å²) in [4.78, 5) is 48.7. The minimum absolute atomic E-state index is 0.0777. The number of esters is 4. The highest BCUT2D eigenvalue weighted by Crippen LogP contribution is 2.27. The summed E-state index contributed by atoms with van der Waals surface area (Å²) < 4.78 is 27.1. The number of benzene rings is 2. The van der Waals surface area contributed by atoms with Crippen molar-refractivity contribution in [3.8, 4) is 5.75 Å². The molecule has 0 spiro atoms. The molecule has 0 fully saturated rings. The predicted molar refractivity (Wildman–Crippen MR) is 187 cm³/mol. The summed E-state index contributed by atoms with van der Waals surface area (Å²) in [7, 11) is 0. The Morgan fingerprint density at radius 3 is 2.18 bits per heavy atom. The molecule has 1 aliphatic carbocycles. The molecule has 3 rings (SSSR count). The first-order valence-electron chi connectivity index (χ1n) is 16.3. The molecule has 9 nitrogen and oxygen atoms in total. The molecule has 0 aliphatic heterocycles. The third kappa shape index (κ3) is 12.6. The minimum Gasteiger partial charge on any atom is -0.494 e. The van der Waals surface area contributed by atoms with Crippen molar-refractivity contribution in [2.75, 3.05) is 13.2 Å². The molecule has 2 aromatic rings. The molecule has 0 bridgehead atoms. The van der Waals surface area contributed by atoms with E-state index in [4.69, 9.17) is 23.7 Å². The molecule has 0 N–H and O–H groups in total. The van der Waals surface area contributed by atoms with Gasteiger partial charge in [0.2, 0.25) is 0 Å². The SMILES string of the molecule is C=CC(=O)OCCCCCCOc1ccc(C(=O)OC(=C)/C=C(/CCC)C(=C)OC(=O)c2ccc3c(c2)CCC(OC(=O)C(=C)C)=C3)cc1. The number of carbonyl (C=O) groups is 4. The molecule has 0 heterocycles. The molecule has 0 unspecified atom stereocenters. The standard InChI is InChI=1S/C40H44O9/c1-7-13-31(29(6)48-40(44)34-15-14-33-26-36(21-18-32(33)25-34)49-38(42)27(3)4)24-28(5)47-39(43)30-16-19-35(20-17-30)45-22-11-9-10-12-23-46-37(41)8-2/h8,14-17,19-20,24-26H,2-3,5-7,9-13,18,21-23H2,1,4H3/b31-24-. The van der Waals surface area contributed by atoms with E-state index < -0.39 is 23.9 Å². The van der Waals surface area contributed by atoms with Gasteiger partial charge in [-0.05, 0) is 111 Å². The van der Waals surface area contributed by atoms with E-state index in [1.807, 2.05) is 6.92 Å². The summed E-state index contributed by atoms with van der Waals surface area (Å²) in [6, 6.07) is 11.8. The number of carbonyl (C=O) groups excluding carboxylic acids is 4. The van der Waals surface area contributed by atoms with Crippen LogP contribution in [0.1, 0.15) is 90.6 Å². The molecule has 0 atom stereocenters. The van der Waals surface area contributed by atoms with Gasteiger partial charge in [0, 0.05) is 18.1 Å². The van der Waals surface area contributed by atoms with Gasteiger partial charge in [-0.15, -0.1) is 0 Å². The van der Waals surface area contributed by atoms with Gasteiger partial charge in [-0.3, -0.25) is 0 Å². The van der Waals surface area contributed by atoms with Crippen molar-refractivity contribution < 1.29 is 42.9 Å². The van der Waals surface area contributed by atoms with E-state index in [9.17, 15) is 19.2 Å². The maximum atomic E-state index is 13.0. The Kier molecular flexibility index (Phi) is 15.0. The van der Waals surface area contributed by atoms with Gasteiger partial charge in [0.1, 0.15) is 23.0 Å². The van der Waals surface area contributed by atoms with Crippen molar-refractivity contribution in [3.05, 3.63) is 132 Å². The number of unbranched alkanes of at least 4 members (excludes halogenated alkanes) is 3. The second-order valence-corrected chi connectivity index (χ2v) is 11.4. The highest BCUT2D eigenvalue weighted by Gasteiger charge is 2.19. The van der Waals surface area contributed by atoms with Crippen LogP contribution in [0.15, 0.2) is 109 Å². The van der Waals surface area contributed by atoms with E-state index in [0.717, 1.165) is 49.3 Å². The Hall–Kier alpha value is -5.44. The number of ether oxygens (including phenoxy) is 5. The summed E-state index contributed by atoms with van der Waals surface area (Å²) >= 11 is 0. The van der Waals surface area contributed by atoms with E-state index in [1.165, 1.54) is 0 Å². The van der Waals surface area contributed by atoms with Gasteiger partial charge in [-0.2, -0.15) is 0 Å². The zero-order chi connectivity index (χ0) is 35.8. The number of hydrogen-bond donors (Lipinski definition) is 0. The van der Waals surface area contributed by atoms with Crippen LogP contribution in [-0.4, -0.2) is 37.1 Å². The smallest absolute Gasteiger partial charge is 0.343 e. The molecule has 1 aliphatic rings. The van der Waals surface area contributed by atoms with Crippen LogP contribution < -0.4 is 4.74 Å². The quantitative estimate of drug-likeness (QED) is 0.0363. The van der Waals surface area contributed by atoms with Crippen molar-refractivity contribution in [1.82, 2.24) is 0 Å². The van der Waals surface area contributed by atoms with Crippen LogP contribution in [0.5, 0.6) is 5.75 Å². The molecule has 0 aromatic heterocycles. The molecular formula is C40H44O9. The number of hydrogen-bond acceptors (Lipinski definition) is 9. The minimum atomic E-state index is -0.593. The van der Waals surface area contributed by atoms with Gasteiger partial charge in [-0.25, -0.2) is 19.2 Å². The van der Waals surface area contributed by atoms with Crippen molar-refractivity contribution in [2.24, 2.45) is 0 Å². The molecule has 0 saturated carbocycles. The topological polar surface area (TPSA) is 114 Å². The third-order valence-electron chi connectivity index (χ3n) is 7.37. The predicted octanol–water partition coefficient (Wildman–Crippen LogP) is 8.53. The van der Waals surface area contributed by atoms with Gasteiger partial charge >= 0.3 is 23.9 Å². The summed E-state index contributed by atoms with van der Waals surface area (Å²) in [5.41, 5.74) is 3.35. The van der Waals surface area contributed by atoms with E-state index in [2.05, 4.69) is 26.3 Å². The molecule has 258 valence electrons. The fourth-order valence-corrected chi connectivity index (χ4v) is 4.75. The Morgan fingerprint density at radius 1 is 0.837 bits per heavy atom. The van der Waals surface area contributed by atoms with Crippen LogP contribution in [0.3, 0.4) is 0 Å². The second-order valence-electron chi connectivity index (χ2n) is 11.4. The molecule has 49 heavy (non-hydrogen) atoms. The van der Waals surface area contributed by atoms with Gasteiger partial charge in [-0.1, -0.05) is 45.7 Å². The second kappa shape index (κ2) is 19.4. The fraction of sp³-hybridized carbons (Fsp3) is 0.300. The van der Waals surface area contributed by atoms with Gasteiger partial charge < -0.3 is 23.7 Å². The number of fused-ring (bicyclic) bond motifs is 1. The van der Waals surface area contributed by atoms with Crippen LogP contribution in [0, 0.1) is 0 Å². The van der Waals surface area contributed by atoms with Gasteiger partial charge in [0.15, 0.2) is 0 Å². The third-order valence-corrected chi connectivity index (χ3v) is 7.37. The number of rotatable bonds is 19. The van der Waals surface area contributed by atoms with Crippen molar-refractivity contribution in [1.29, 1.82) is 0 Å². The molecule has 9 heteroatoms. The number of allylic oxidation sites excluding steroid dienone is 3. The van der Waals surface area contributed by atoms with Crippen LogP contribution in [-0.2, 0) is 35.0 Å². The first-order chi connectivity index (χ1) is 23.5. The van der Waals surface area contributed by atoms with Crippen molar-refractivity contribution in [2.45, 2.75) is 65.2 Å². The van der Waals surface area contributed by atoms with Crippen molar-refractivity contribution in [3.63, 3.8) is 0 Å². The van der Waals surface area contributed by atoms with Crippen LogP contribution in [0.4, 0.5) is 0 Å². The zero-order valence-electron chi connectivity index (χ0n) is 28.3. The van der Waals surface area contributed by atoms with Crippen LogP contribution in [0.2, 0.25) is 0 Å². The molecule has 0 saturated heterocycles. The van der Waals surface area contributed by atoms with Gasteiger partial charge in [0.25, 0.3) is 0 Å². The van der Waals surface area contributed by atoms with E-state index in [-0.39, 0.29) is 11.5 Å².